The van der Waals surface area contributed by atoms with E-state index in [4.69, 9.17) is 4.43 Å². The molecule has 1 aromatic rings. The standard InChI is InChI=1S/C18H31IOSi/c1-12(2)17-11-16(19)9-10-18(17)20-21(13(3)4,14(5)6)15(7)8/h9-15H,1-8H3. The fourth-order valence-electron chi connectivity index (χ4n) is 3.61. The van der Waals surface area contributed by atoms with E-state index >= 15 is 0 Å². The van der Waals surface area contributed by atoms with Crippen molar-refractivity contribution in [2.45, 2.75) is 77.9 Å². The first-order valence-corrected chi connectivity index (χ1v) is 11.3. The van der Waals surface area contributed by atoms with Gasteiger partial charge >= 0.3 is 0 Å². The van der Waals surface area contributed by atoms with Gasteiger partial charge in [0, 0.05) is 3.57 Å². The summed E-state index contributed by atoms with van der Waals surface area (Å²) in [6.45, 7) is 18.6. The fraction of sp³-hybridized carbons (Fsp3) is 0.667. The van der Waals surface area contributed by atoms with Crippen molar-refractivity contribution in [2.75, 3.05) is 0 Å². The molecule has 3 heteroatoms. The van der Waals surface area contributed by atoms with Gasteiger partial charge in [-0.15, -0.1) is 0 Å². The van der Waals surface area contributed by atoms with Crippen LogP contribution in [0.2, 0.25) is 16.6 Å². The zero-order valence-corrected chi connectivity index (χ0v) is 18.0. The third-order valence-electron chi connectivity index (χ3n) is 4.59. The molecule has 1 rings (SSSR count). The van der Waals surface area contributed by atoms with Crippen LogP contribution in [-0.4, -0.2) is 8.32 Å². The van der Waals surface area contributed by atoms with Crippen LogP contribution in [0.3, 0.4) is 0 Å². The Labute approximate surface area is 146 Å². The molecule has 0 aliphatic carbocycles. The van der Waals surface area contributed by atoms with Crippen molar-refractivity contribution < 1.29 is 4.43 Å². The van der Waals surface area contributed by atoms with Crippen LogP contribution in [0, 0.1) is 3.57 Å². The van der Waals surface area contributed by atoms with Gasteiger partial charge in [0.05, 0.1) is 0 Å². The highest BCUT2D eigenvalue weighted by molar-refractivity contribution is 14.1. The number of rotatable bonds is 6. The van der Waals surface area contributed by atoms with Crippen LogP contribution < -0.4 is 4.43 Å². The maximum atomic E-state index is 6.87. The van der Waals surface area contributed by atoms with Gasteiger partial charge in [-0.25, -0.2) is 0 Å². The van der Waals surface area contributed by atoms with Crippen molar-refractivity contribution in [1.82, 2.24) is 0 Å². The van der Waals surface area contributed by atoms with Crippen molar-refractivity contribution >= 4 is 30.9 Å². The molecular formula is C18H31IOSi. The van der Waals surface area contributed by atoms with E-state index in [1.165, 1.54) is 9.13 Å². The van der Waals surface area contributed by atoms with Gasteiger partial charge < -0.3 is 4.43 Å². The van der Waals surface area contributed by atoms with Crippen LogP contribution in [0.4, 0.5) is 0 Å². The van der Waals surface area contributed by atoms with Crippen LogP contribution in [0.15, 0.2) is 18.2 Å². The summed E-state index contributed by atoms with van der Waals surface area (Å²) in [5.74, 6) is 1.61. The molecule has 120 valence electrons. The van der Waals surface area contributed by atoms with Crippen LogP contribution in [0.25, 0.3) is 0 Å². The Morgan fingerprint density at radius 2 is 1.33 bits per heavy atom. The zero-order chi connectivity index (χ0) is 16.4. The lowest BCUT2D eigenvalue weighted by Gasteiger charge is -2.42. The predicted octanol–water partition coefficient (Wildman–Crippen LogP) is 6.97. The van der Waals surface area contributed by atoms with Crippen molar-refractivity contribution in [1.29, 1.82) is 0 Å². The van der Waals surface area contributed by atoms with Gasteiger partial charge in [0.2, 0.25) is 0 Å². The lowest BCUT2D eigenvalue weighted by molar-refractivity contribution is 0.472. The maximum Gasteiger partial charge on any atom is 0.258 e. The smallest absolute Gasteiger partial charge is 0.258 e. The zero-order valence-electron chi connectivity index (χ0n) is 14.8. The average molecular weight is 418 g/mol. The Kier molecular flexibility index (Phi) is 6.78. The summed E-state index contributed by atoms with van der Waals surface area (Å²) in [6.07, 6.45) is 0. The van der Waals surface area contributed by atoms with Gasteiger partial charge in [-0.1, -0.05) is 55.4 Å². The molecule has 0 atom stereocenters. The molecule has 0 saturated carbocycles. The first-order chi connectivity index (χ1) is 9.62. The molecule has 0 unspecified atom stereocenters. The van der Waals surface area contributed by atoms with Gasteiger partial charge in [0.1, 0.15) is 5.75 Å². The normalized spacial score (nSPS) is 12.8. The Morgan fingerprint density at radius 3 is 1.71 bits per heavy atom. The van der Waals surface area contributed by atoms with Crippen molar-refractivity contribution in [3.8, 4) is 5.75 Å². The summed E-state index contributed by atoms with van der Waals surface area (Å²) < 4.78 is 8.16. The quantitative estimate of drug-likeness (QED) is 0.358. The topological polar surface area (TPSA) is 9.23 Å². The highest BCUT2D eigenvalue weighted by Crippen LogP contribution is 2.44. The highest BCUT2D eigenvalue weighted by atomic mass is 127. The van der Waals surface area contributed by atoms with E-state index in [1.54, 1.807) is 0 Å². The van der Waals surface area contributed by atoms with E-state index in [1.807, 2.05) is 0 Å². The minimum atomic E-state index is -1.87. The number of hydrogen-bond acceptors (Lipinski definition) is 1. The second-order valence-corrected chi connectivity index (χ2v) is 13.9. The first-order valence-electron chi connectivity index (χ1n) is 8.11. The lowest BCUT2D eigenvalue weighted by Crippen LogP contribution is -2.50. The first kappa shape index (κ1) is 19.0. The van der Waals surface area contributed by atoms with Gasteiger partial charge in [-0.2, -0.15) is 0 Å². The third kappa shape index (κ3) is 4.04. The number of halogens is 1. The summed E-state index contributed by atoms with van der Waals surface area (Å²) in [7, 11) is -1.87. The van der Waals surface area contributed by atoms with Crippen molar-refractivity contribution in [3.63, 3.8) is 0 Å². The number of hydrogen-bond donors (Lipinski definition) is 0. The van der Waals surface area contributed by atoms with Crippen LogP contribution in [-0.2, 0) is 0 Å². The van der Waals surface area contributed by atoms with E-state index < -0.39 is 8.32 Å². The molecule has 0 saturated heterocycles. The molecule has 1 nitrogen and oxygen atoms in total. The van der Waals surface area contributed by atoms with Gasteiger partial charge in [0.15, 0.2) is 0 Å². The summed E-state index contributed by atoms with van der Waals surface area (Å²) in [6, 6.07) is 6.63. The summed E-state index contributed by atoms with van der Waals surface area (Å²) >= 11 is 2.39. The van der Waals surface area contributed by atoms with Crippen LogP contribution >= 0.6 is 22.6 Å². The largest absolute Gasteiger partial charge is 0.542 e. The molecule has 1 aromatic carbocycles. The second kappa shape index (κ2) is 7.49. The second-order valence-electron chi connectivity index (χ2n) is 7.26. The summed E-state index contributed by atoms with van der Waals surface area (Å²) in [5, 5.41) is 0. The molecule has 0 fully saturated rings. The van der Waals surface area contributed by atoms with Gasteiger partial charge in [0.25, 0.3) is 8.32 Å². The van der Waals surface area contributed by atoms with Gasteiger partial charge in [-0.3, -0.25) is 0 Å². The maximum absolute atomic E-state index is 6.87. The van der Waals surface area contributed by atoms with Crippen molar-refractivity contribution in [3.05, 3.63) is 27.3 Å². The molecule has 0 bridgehead atoms. The molecular weight excluding hydrogens is 387 g/mol. The minimum Gasteiger partial charge on any atom is -0.542 e. The van der Waals surface area contributed by atoms with Crippen molar-refractivity contribution in [2.24, 2.45) is 0 Å². The highest BCUT2D eigenvalue weighted by Gasteiger charge is 2.47. The Bertz CT molecular complexity index is 445. The molecule has 0 N–H and O–H groups in total. The van der Waals surface area contributed by atoms with Crippen LogP contribution in [0.5, 0.6) is 5.75 Å². The molecule has 0 radical (unpaired) electrons. The molecule has 21 heavy (non-hydrogen) atoms. The molecule has 0 aliphatic rings. The molecule has 0 amide bonds. The Morgan fingerprint density at radius 1 is 0.857 bits per heavy atom. The SMILES string of the molecule is CC(C)c1cc(I)ccc1O[Si](C(C)C)(C(C)C)C(C)C. The average Bonchev–Trinajstić information content (AvgIpc) is 2.35. The summed E-state index contributed by atoms with van der Waals surface area (Å²) in [4.78, 5) is 0. The Hall–Kier alpha value is -0.0331. The van der Waals surface area contributed by atoms with E-state index in [-0.39, 0.29) is 0 Å². The molecule has 0 spiro atoms. The minimum absolute atomic E-state index is 0.493. The van der Waals surface area contributed by atoms with E-state index in [0.717, 1.165) is 5.75 Å². The number of benzene rings is 1. The van der Waals surface area contributed by atoms with E-state index in [9.17, 15) is 0 Å². The predicted molar refractivity (Wildman–Crippen MR) is 105 cm³/mol. The Balaban J connectivity index is 3.34. The monoisotopic (exact) mass is 418 g/mol. The van der Waals surface area contributed by atoms with Crippen LogP contribution in [0.1, 0.15) is 66.9 Å². The lowest BCUT2D eigenvalue weighted by atomic mass is 10.0. The van der Waals surface area contributed by atoms with E-state index in [0.29, 0.717) is 22.5 Å². The van der Waals surface area contributed by atoms with E-state index in [2.05, 4.69) is 96.2 Å². The molecule has 0 aromatic heterocycles. The molecule has 0 aliphatic heterocycles. The third-order valence-corrected chi connectivity index (χ3v) is 11.2. The van der Waals surface area contributed by atoms with Gasteiger partial charge in [-0.05, 0) is 68.9 Å². The summed E-state index contributed by atoms with van der Waals surface area (Å²) in [5.41, 5.74) is 3.17. The molecule has 0 heterocycles. The fourth-order valence-corrected chi connectivity index (χ4v) is 9.40.